The van der Waals surface area contributed by atoms with Gasteiger partial charge in [0.05, 0.1) is 0 Å². The zero-order valence-electron chi connectivity index (χ0n) is 9.29. The van der Waals surface area contributed by atoms with Crippen LogP contribution in [0.3, 0.4) is 0 Å². The van der Waals surface area contributed by atoms with Gasteiger partial charge in [-0.3, -0.25) is 0 Å². The first-order valence-corrected chi connectivity index (χ1v) is 6.13. The van der Waals surface area contributed by atoms with Gasteiger partial charge < -0.3 is 5.73 Å². The molecular weight excluding hydrogens is 202 g/mol. The van der Waals surface area contributed by atoms with E-state index in [1.54, 1.807) is 0 Å². The minimum absolute atomic E-state index is 0.0594. The molecule has 15 heavy (non-hydrogen) atoms. The number of benzene rings is 1. The van der Waals surface area contributed by atoms with Crippen LogP contribution in [0.25, 0.3) is 10.1 Å². The molecule has 1 heterocycles. The van der Waals surface area contributed by atoms with Crippen LogP contribution in [0.4, 0.5) is 0 Å². The molecular formula is C13H17NS. The molecule has 2 rings (SSSR count). The SMILES string of the molecule is CC(C)(N)CCc1cc2ccccc2s1. The Morgan fingerprint density at radius 1 is 1.27 bits per heavy atom. The number of aryl methyl sites for hydroxylation is 1. The fourth-order valence-corrected chi connectivity index (χ4v) is 2.67. The molecule has 2 N–H and O–H groups in total. The van der Waals surface area contributed by atoms with Crippen molar-refractivity contribution in [2.45, 2.75) is 32.2 Å². The summed E-state index contributed by atoms with van der Waals surface area (Å²) in [5.74, 6) is 0. The maximum absolute atomic E-state index is 5.98. The molecule has 0 saturated carbocycles. The number of hydrogen-bond donors (Lipinski definition) is 1. The Balaban J connectivity index is 2.16. The fourth-order valence-electron chi connectivity index (χ4n) is 1.61. The number of thiophene rings is 1. The Labute approximate surface area is 94.9 Å². The smallest absolute Gasteiger partial charge is 0.0345 e. The van der Waals surface area contributed by atoms with Crippen molar-refractivity contribution in [2.24, 2.45) is 5.73 Å². The largest absolute Gasteiger partial charge is 0.326 e. The van der Waals surface area contributed by atoms with Crippen molar-refractivity contribution in [2.75, 3.05) is 0 Å². The second-order valence-electron chi connectivity index (χ2n) is 4.74. The van der Waals surface area contributed by atoms with Crippen molar-refractivity contribution < 1.29 is 0 Å². The van der Waals surface area contributed by atoms with Gasteiger partial charge in [-0.05, 0) is 44.2 Å². The van der Waals surface area contributed by atoms with E-state index in [-0.39, 0.29) is 5.54 Å². The van der Waals surface area contributed by atoms with Gasteiger partial charge in [0.15, 0.2) is 0 Å². The second-order valence-corrected chi connectivity index (χ2v) is 5.91. The summed E-state index contributed by atoms with van der Waals surface area (Å²) in [6.45, 7) is 4.17. The lowest BCUT2D eigenvalue weighted by Crippen LogP contribution is -2.32. The normalized spacial score (nSPS) is 12.2. The molecule has 1 aromatic heterocycles. The van der Waals surface area contributed by atoms with Gasteiger partial charge in [0, 0.05) is 15.1 Å². The van der Waals surface area contributed by atoms with Crippen LogP contribution >= 0.6 is 11.3 Å². The molecule has 0 saturated heterocycles. The molecule has 0 spiro atoms. The number of nitrogens with two attached hydrogens (primary N) is 1. The Bertz CT molecular complexity index is 418. The van der Waals surface area contributed by atoms with E-state index in [4.69, 9.17) is 5.73 Å². The molecule has 1 nitrogen and oxygen atoms in total. The third kappa shape index (κ3) is 2.80. The second kappa shape index (κ2) is 3.95. The highest BCUT2D eigenvalue weighted by molar-refractivity contribution is 7.19. The van der Waals surface area contributed by atoms with Gasteiger partial charge in [0.1, 0.15) is 0 Å². The highest BCUT2D eigenvalue weighted by Gasteiger charge is 2.11. The highest BCUT2D eigenvalue weighted by Crippen LogP contribution is 2.26. The van der Waals surface area contributed by atoms with Crippen molar-refractivity contribution in [3.05, 3.63) is 35.2 Å². The quantitative estimate of drug-likeness (QED) is 0.839. The van der Waals surface area contributed by atoms with Gasteiger partial charge >= 0.3 is 0 Å². The lowest BCUT2D eigenvalue weighted by Gasteiger charge is -2.17. The topological polar surface area (TPSA) is 26.0 Å². The third-order valence-corrected chi connectivity index (χ3v) is 3.67. The van der Waals surface area contributed by atoms with Gasteiger partial charge in [0.25, 0.3) is 0 Å². The van der Waals surface area contributed by atoms with E-state index in [9.17, 15) is 0 Å². The van der Waals surface area contributed by atoms with E-state index in [0.29, 0.717) is 0 Å². The summed E-state index contributed by atoms with van der Waals surface area (Å²) < 4.78 is 1.38. The minimum Gasteiger partial charge on any atom is -0.326 e. The number of hydrogen-bond acceptors (Lipinski definition) is 2. The van der Waals surface area contributed by atoms with Crippen molar-refractivity contribution >= 4 is 21.4 Å². The van der Waals surface area contributed by atoms with E-state index in [1.165, 1.54) is 15.0 Å². The third-order valence-electron chi connectivity index (χ3n) is 2.49. The predicted octanol–water partition coefficient (Wildman–Crippen LogP) is 3.57. The predicted molar refractivity (Wildman–Crippen MR) is 68.4 cm³/mol. The van der Waals surface area contributed by atoms with Crippen LogP contribution in [-0.4, -0.2) is 5.54 Å². The monoisotopic (exact) mass is 219 g/mol. The molecule has 0 amide bonds. The van der Waals surface area contributed by atoms with Crippen LogP contribution in [0.5, 0.6) is 0 Å². The summed E-state index contributed by atoms with van der Waals surface area (Å²) in [5, 5.41) is 1.35. The van der Waals surface area contributed by atoms with Crippen molar-refractivity contribution in [3.63, 3.8) is 0 Å². The first-order valence-electron chi connectivity index (χ1n) is 5.31. The van der Waals surface area contributed by atoms with Gasteiger partial charge in [-0.1, -0.05) is 18.2 Å². The van der Waals surface area contributed by atoms with Crippen LogP contribution in [0.2, 0.25) is 0 Å². The summed E-state index contributed by atoms with van der Waals surface area (Å²) in [7, 11) is 0. The van der Waals surface area contributed by atoms with Crippen LogP contribution < -0.4 is 5.73 Å². The molecule has 1 aromatic carbocycles. The lowest BCUT2D eigenvalue weighted by atomic mass is 9.99. The zero-order chi connectivity index (χ0) is 10.9. The van der Waals surface area contributed by atoms with Gasteiger partial charge in [-0.2, -0.15) is 0 Å². The molecule has 0 bridgehead atoms. The van der Waals surface area contributed by atoms with Crippen LogP contribution in [-0.2, 0) is 6.42 Å². The molecule has 2 heteroatoms. The van der Waals surface area contributed by atoms with E-state index in [2.05, 4.69) is 44.2 Å². The molecule has 0 aliphatic carbocycles. The summed E-state index contributed by atoms with van der Waals surface area (Å²) in [5.41, 5.74) is 5.92. The summed E-state index contributed by atoms with van der Waals surface area (Å²) in [6.07, 6.45) is 2.13. The minimum atomic E-state index is -0.0594. The summed E-state index contributed by atoms with van der Waals surface area (Å²) >= 11 is 1.88. The maximum atomic E-state index is 5.98. The molecule has 0 aliphatic heterocycles. The summed E-state index contributed by atoms with van der Waals surface area (Å²) in [6, 6.07) is 10.8. The van der Waals surface area contributed by atoms with Gasteiger partial charge in [-0.25, -0.2) is 0 Å². The van der Waals surface area contributed by atoms with Gasteiger partial charge in [0.2, 0.25) is 0 Å². The van der Waals surface area contributed by atoms with Gasteiger partial charge in [-0.15, -0.1) is 11.3 Å². The molecule has 80 valence electrons. The standard InChI is InChI=1S/C13H17NS/c1-13(2,14)8-7-11-9-10-5-3-4-6-12(10)15-11/h3-6,9H,7-8,14H2,1-2H3. The first kappa shape index (κ1) is 10.7. The Kier molecular flexibility index (Phi) is 2.81. The molecule has 0 aliphatic rings. The number of fused-ring (bicyclic) bond motifs is 1. The van der Waals surface area contributed by atoms with Crippen molar-refractivity contribution in [1.82, 2.24) is 0 Å². The van der Waals surface area contributed by atoms with E-state index >= 15 is 0 Å². The Hall–Kier alpha value is -0.860. The molecule has 2 aromatic rings. The Morgan fingerprint density at radius 3 is 2.67 bits per heavy atom. The van der Waals surface area contributed by atoms with Crippen LogP contribution in [0.1, 0.15) is 25.1 Å². The van der Waals surface area contributed by atoms with Crippen LogP contribution in [0.15, 0.2) is 30.3 Å². The molecule has 0 fully saturated rings. The van der Waals surface area contributed by atoms with Crippen LogP contribution in [0, 0.1) is 0 Å². The molecule has 0 radical (unpaired) electrons. The maximum Gasteiger partial charge on any atom is 0.0345 e. The summed E-state index contributed by atoms with van der Waals surface area (Å²) in [4.78, 5) is 1.44. The first-order chi connectivity index (χ1) is 7.04. The van der Waals surface area contributed by atoms with Crippen molar-refractivity contribution in [1.29, 1.82) is 0 Å². The molecule has 0 unspecified atom stereocenters. The van der Waals surface area contributed by atoms with E-state index in [0.717, 1.165) is 12.8 Å². The van der Waals surface area contributed by atoms with E-state index in [1.807, 2.05) is 11.3 Å². The fraction of sp³-hybridized carbons (Fsp3) is 0.385. The van der Waals surface area contributed by atoms with Crippen molar-refractivity contribution in [3.8, 4) is 0 Å². The highest BCUT2D eigenvalue weighted by atomic mass is 32.1. The van der Waals surface area contributed by atoms with E-state index < -0.39 is 0 Å². The zero-order valence-corrected chi connectivity index (χ0v) is 10.1. The molecule has 0 atom stereocenters. The Morgan fingerprint density at radius 2 is 2.00 bits per heavy atom. The average Bonchev–Trinajstić information content (AvgIpc) is 2.56. The lowest BCUT2D eigenvalue weighted by molar-refractivity contribution is 0.478. The average molecular weight is 219 g/mol. The number of rotatable bonds is 3.